The molecule has 0 spiro atoms. The Morgan fingerprint density at radius 1 is 0.341 bits per heavy atom. The van der Waals surface area contributed by atoms with Gasteiger partial charge in [-0.1, -0.05) is 154 Å². The molecular weight excluding hydrogens is 532 g/mol. The normalized spacial score (nSPS) is 12.5. The maximum Gasteiger partial charge on any atom is 0.0792 e. The fourth-order valence-electron chi connectivity index (χ4n) is 6.27. The van der Waals surface area contributed by atoms with E-state index < -0.39 is 0 Å². The molecule has 0 aromatic heterocycles. The summed E-state index contributed by atoms with van der Waals surface area (Å²) in [5.74, 6) is 0. The molecule has 2 heteroatoms. The number of rotatable bonds is 36. The minimum Gasteiger partial charge on any atom is -0.331 e. The Bertz CT molecular complexity index is 545. The Balaban J connectivity index is 3.79. The van der Waals surface area contributed by atoms with Gasteiger partial charge in [-0.3, -0.25) is 0 Å². The SMILES string of the molecule is CCCCCCCC/C=C\CCCCCCCCN(CCCCCCCC/C=C\CCCCCCCC)CCC[N+](C)(C)C. The minimum atomic E-state index is 1.09. The fourth-order valence-corrected chi connectivity index (χ4v) is 6.27. The number of hydrogen-bond donors (Lipinski definition) is 0. The first kappa shape index (κ1) is 43.4. The van der Waals surface area contributed by atoms with Crippen LogP contribution in [0.25, 0.3) is 0 Å². The molecule has 0 saturated carbocycles. The zero-order valence-corrected chi connectivity index (χ0v) is 31.5. The summed E-state index contributed by atoms with van der Waals surface area (Å²) < 4.78 is 1.09. The average molecular weight is 618 g/mol. The third-order valence-corrected chi connectivity index (χ3v) is 9.28. The molecule has 0 fully saturated rings. The third kappa shape index (κ3) is 37.6. The first-order chi connectivity index (χ1) is 21.5. The van der Waals surface area contributed by atoms with Gasteiger partial charge in [0.1, 0.15) is 0 Å². The maximum atomic E-state index is 2.80. The van der Waals surface area contributed by atoms with Gasteiger partial charge in [0, 0.05) is 13.0 Å². The largest absolute Gasteiger partial charge is 0.331 e. The van der Waals surface area contributed by atoms with Crippen molar-refractivity contribution in [2.24, 2.45) is 0 Å². The standard InChI is InChI=1S/C42H85N2/c1-6-8-10-12-14-16-18-20-22-24-26-28-30-32-34-36-39-43(41-38-42-44(3,4)5)40-37-35-33-31-29-27-25-23-21-19-17-15-13-11-9-7-2/h20-23H,6-19,24-42H2,1-5H3/q+1/b22-20-,23-21-. The molecule has 0 saturated heterocycles. The zero-order valence-electron chi connectivity index (χ0n) is 31.5. The summed E-state index contributed by atoms with van der Waals surface area (Å²) in [6.45, 7) is 9.83. The van der Waals surface area contributed by atoms with Crippen molar-refractivity contribution in [2.75, 3.05) is 47.3 Å². The highest BCUT2D eigenvalue weighted by Gasteiger charge is 2.10. The second kappa shape index (κ2) is 35.3. The molecule has 44 heavy (non-hydrogen) atoms. The molecule has 2 nitrogen and oxygen atoms in total. The Kier molecular flexibility index (Phi) is 34.8. The summed E-state index contributed by atoms with van der Waals surface area (Å²) in [6, 6.07) is 0. The molecule has 0 atom stereocenters. The molecule has 0 bridgehead atoms. The van der Waals surface area contributed by atoms with Crippen LogP contribution in [-0.2, 0) is 0 Å². The van der Waals surface area contributed by atoms with E-state index in [1.807, 2.05) is 0 Å². The van der Waals surface area contributed by atoms with Gasteiger partial charge < -0.3 is 9.38 Å². The van der Waals surface area contributed by atoms with E-state index in [0.29, 0.717) is 0 Å². The molecule has 0 aromatic carbocycles. The molecule has 0 radical (unpaired) electrons. The van der Waals surface area contributed by atoms with Gasteiger partial charge in [0.15, 0.2) is 0 Å². The van der Waals surface area contributed by atoms with E-state index in [2.05, 4.69) is 64.2 Å². The molecule has 0 rings (SSSR count). The van der Waals surface area contributed by atoms with Crippen LogP contribution in [0, 0.1) is 0 Å². The van der Waals surface area contributed by atoms with Gasteiger partial charge in [-0.05, 0) is 77.3 Å². The van der Waals surface area contributed by atoms with Gasteiger partial charge >= 0.3 is 0 Å². The zero-order chi connectivity index (χ0) is 32.2. The van der Waals surface area contributed by atoms with Crippen molar-refractivity contribution >= 4 is 0 Å². The first-order valence-electron chi connectivity index (χ1n) is 20.3. The smallest absolute Gasteiger partial charge is 0.0792 e. The second-order valence-electron chi connectivity index (χ2n) is 15.1. The molecule has 0 aliphatic carbocycles. The van der Waals surface area contributed by atoms with Crippen LogP contribution in [0.15, 0.2) is 24.3 Å². The van der Waals surface area contributed by atoms with Crippen LogP contribution < -0.4 is 0 Å². The minimum absolute atomic E-state index is 1.09. The van der Waals surface area contributed by atoms with E-state index in [9.17, 15) is 0 Å². The molecule has 0 amide bonds. The number of unbranched alkanes of at least 4 members (excludes halogenated alkanes) is 24. The van der Waals surface area contributed by atoms with Crippen LogP contribution in [-0.4, -0.2) is 56.7 Å². The Morgan fingerprint density at radius 3 is 0.932 bits per heavy atom. The van der Waals surface area contributed by atoms with Crippen molar-refractivity contribution < 1.29 is 4.48 Å². The highest BCUT2D eigenvalue weighted by atomic mass is 15.3. The van der Waals surface area contributed by atoms with Crippen LogP contribution >= 0.6 is 0 Å². The van der Waals surface area contributed by atoms with E-state index in [0.717, 1.165) is 4.48 Å². The van der Waals surface area contributed by atoms with Crippen LogP contribution in [0.4, 0.5) is 0 Å². The Hall–Kier alpha value is -0.600. The monoisotopic (exact) mass is 618 g/mol. The second-order valence-corrected chi connectivity index (χ2v) is 15.1. The van der Waals surface area contributed by atoms with Crippen LogP contribution in [0.3, 0.4) is 0 Å². The van der Waals surface area contributed by atoms with Crippen molar-refractivity contribution in [3.63, 3.8) is 0 Å². The molecule has 262 valence electrons. The summed E-state index contributed by atoms with van der Waals surface area (Å²) in [4.78, 5) is 2.80. The van der Waals surface area contributed by atoms with Crippen molar-refractivity contribution in [3.05, 3.63) is 24.3 Å². The van der Waals surface area contributed by atoms with Gasteiger partial charge in [-0.2, -0.15) is 0 Å². The van der Waals surface area contributed by atoms with E-state index in [1.165, 1.54) is 212 Å². The van der Waals surface area contributed by atoms with Gasteiger partial charge in [0.05, 0.1) is 27.7 Å². The average Bonchev–Trinajstić information content (AvgIpc) is 2.99. The van der Waals surface area contributed by atoms with Crippen molar-refractivity contribution in [2.45, 2.75) is 200 Å². The number of allylic oxidation sites excluding steroid dienone is 4. The Morgan fingerprint density at radius 2 is 0.614 bits per heavy atom. The lowest BCUT2D eigenvalue weighted by atomic mass is 10.1. The fraction of sp³-hybridized carbons (Fsp3) is 0.905. The molecule has 0 heterocycles. The number of hydrogen-bond acceptors (Lipinski definition) is 1. The number of quaternary nitrogens is 1. The summed E-state index contributed by atoms with van der Waals surface area (Å²) in [7, 11) is 7.00. The molecule has 0 aromatic rings. The van der Waals surface area contributed by atoms with Crippen molar-refractivity contribution in [1.82, 2.24) is 4.90 Å². The van der Waals surface area contributed by atoms with E-state index in [4.69, 9.17) is 0 Å². The summed E-state index contributed by atoms with van der Waals surface area (Å²) in [5.41, 5.74) is 0. The predicted molar refractivity (Wildman–Crippen MR) is 203 cm³/mol. The lowest BCUT2D eigenvalue weighted by molar-refractivity contribution is -0.870. The van der Waals surface area contributed by atoms with Crippen molar-refractivity contribution in [3.8, 4) is 0 Å². The lowest BCUT2D eigenvalue weighted by Crippen LogP contribution is -2.38. The first-order valence-corrected chi connectivity index (χ1v) is 20.3. The molecular formula is C42H85N2+. The summed E-state index contributed by atoms with van der Waals surface area (Å²) in [6.07, 6.45) is 50.3. The van der Waals surface area contributed by atoms with Gasteiger partial charge in [0.2, 0.25) is 0 Å². The summed E-state index contributed by atoms with van der Waals surface area (Å²) in [5, 5.41) is 0. The Labute approximate surface area is 280 Å². The van der Waals surface area contributed by atoms with E-state index in [1.54, 1.807) is 0 Å². The van der Waals surface area contributed by atoms with Crippen LogP contribution in [0.5, 0.6) is 0 Å². The lowest BCUT2D eigenvalue weighted by Gasteiger charge is -2.27. The van der Waals surface area contributed by atoms with Crippen molar-refractivity contribution in [1.29, 1.82) is 0 Å². The predicted octanol–water partition coefficient (Wildman–Crippen LogP) is 13.5. The number of nitrogens with zero attached hydrogens (tertiary/aromatic N) is 2. The highest BCUT2D eigenvalue weighted by molar-refractivity contribution is 4.82. The van der Waals surface area contributed by atoms with Gasteiger partial charge in [0.25, 0.3) is 0 Å². The molecule has 0 aliphatic rings. The van der Waals surface area contributed by atoms with E-state index in [-0.39, 0.29) is 0 Å². The summed E-state index contributed by atoms with van der Waals surface area (Å²) >= 11 is 0. The molecule has 0 aliphatic heterocycles. The quantitative estimate of drug-likeness (QED) is 0.0384. The van der Waals surface area contributed by atoms with Gasteiger partial charge in [-0.25, -0.2) is 0 Å². The van der Waals surface area contributed by atoms with E-state index >= 15 is 0 Å². The third-order valence-electron chi connectivity index (χ3n) is 9.28. The van der Waals surface area contributed by atoms with Crippen LogP contribution in [0.2, 0.25) is 0 Å². The molecule has 0 unspecified atom stereocenters. The van der Waals surface area contributed by atoms with Gasteiger partial charge in [-0.15, -0.1) is 0 Å². The van der Waals surface area contributed by atoms with Crippen LogP contribution in [0.1, 0.15) is 200 Å². The maximum absolute atomic E-state index is 2.80. The topological polar surface area (TPSA) is 3.24 Å². The molecule has 0 N–H and O–H groups in total. The highest BCUT2D eigenvalue weighted by Crippen LogP contribution is 2.13.